The maximum atomic E-state index is 13.1. The fraction of sp³-hybridized carbons (Fsp3) is 0.273. The zero-order valence-corrected chi connectivity index (χ0v) is 15.8. The molecule has 1 fully saturated rings. The van der Waals surface area contributed by atoms with Crippen molar-refractivity contribution in [1.29, 1.82) is 0 Å². The smallest absolute Gasteiger partial charge is 0.228 e. The van der Waals surface area contributed by atoms with E-state index in [0.717, 1.165) is 24.3 Å². The number of hydrogen-bond donors (Lipinski definition) is 0. The number of piperazine rings is 1. The Morgan fingerprint density at radius 1 is 1.04 bits per heavy atom. The molecule has 0 radical (unpaired) electrons. The van der Waals surface area contributed by atoms with Crippen LogP contribution in [-0.2, 0) is 11.2 Å². The largest absolute Gasteiger partial charge is 0.441 e. The lowest BCUT2D eigenvalue weighted by Gasteiger charge is -2.36. The van der Waals surface area contributed by atoms with Gasteiger partial charge in [-0.1, -0.05) is 18.2 Å². The summed E-state index contributed by atoms with van der Waals surface area (Å²) in [4.78, 5) is 21.3. The lowest BCUT2D eigenvalue weighted by atomic mass is 10.2. The summed E-state index contributed by atoms with van der Waals surface area (Å²) in [6.07, 6.45) is 0.235. The third-order valence-electron chi connectivity index (χ3n) is 5.06. The fourth-order valence-corrected chi connectivity index (χ4v) is 3.42. The van der Waals surface area contributed by atoms with Gasteiger partial charge in [-0.3, -0.25) is 4.79 Å². The topological polar surface area (TPSA) is 49.6 Å². The standard InChI is InChI=1S/C22H22FN3O2/c1-16-20(24-22(28-16)17-5-3-2-4-6-17)15-21(27)26-13-11-25(12-14-26)19-9-7-18(23)8-10-19/h2-10H,11-15H2,1H3. The van der Waals surface area contributed by atoms with Gasteiger partial charge in [0.05, 0.1) is 12.1 Å². The molecule has 0 spiro atoms. The lowest BCUT2D eigenvalue weighted by Crippen LogP contribution is -2.49. The minimum atomic E-state index is -0.240. The summed E-state index contributed by atoms with van der Waals surface area (Å²) in [6, 6.07) is 16.1. The van der Waals surface area contributed by atoms with E-state index in [4.69, 9.17) is 4.42 Å². The highest BCUT2D eigenvalue weighted by Gasteiger charge is 2.23. The Hall–Kier alpha value is -3.15. The fourth-order valence-electron chi connectivity index (χ4n) is 3.42. The molecule has 1 aromatic heterocycles. The Labute approximate surface area is 163 Å². The highest BCUT2D eigenvalue weighted by molar-refractivity contribution is 5.79. The summed E-state index contributed by atoms with van der Waals surface area (Å²) in [7, 11) is 0. The average molecular weight is 379 g/mol. The van der Waals surface area contributed by atoms with E-state index in [2.05, 4.69) is 9.88 Å². The molecule has 0 N–H and O–H groups in total. The molecule has 2 aromatic carbocycles. The molecule has 0 unspecified atom stereocenters. The summed E-state index contributed by atoms with van der Waals surface area (Å²) in [5.74, 6) is 1.03. The molecule has 1 saturated heterocycles. The molecule has 2 heterocycles. The molecule has 0 bridgehead atoms. The van der Waals surface area contributed by atoms with Crippen LogP contribution in [-0.4, -0.2) is 42.0 Å². The maximum absolute atomic E-state index is 13.1. The highest BCUT2D eigenvalue weighted by atomic mass is 19.1. The number of aromatic nitrogens is 1. The van der Waals surface area contributed by atoms with Gasteiger partial charge in [-0.25, -0.2) is 9.37 Å². The van der Waals surface area contributed by atoms with Crippen LogP contribution in [0.15, 0.2) is 59.0 Å². The van der Waals surface area contributed by atoms with Gasteiger partial charge < -0.3 is 14.2 Å². The quantitative estimate of drug-likeness (QED) is 0.694. The first-order valence-corrected chi connectivity index (χ1v) is 9.40. The second kappa shape index (κ2) is 7.84. The second-order valence-electron chi connectivity index (χ2n) is 6.91. The molecule has 4 rings (SSSR count). The van der Waals surface area contributed by atoms with Crippen LogP contribution in [0.2, 0.25) is 0 Å². The van der Waals surface area contributed by atoms with Crippen molar-refractivity contribution in [3.8, 4) is 11.5 Å². The van der Waals surface area contributed by atoms with Crippen LogP contribution in [0.4, 0.5) is 10.1 Å². The first-order chi connectivity index (χ1) is 13.6. The average Bonchev–Trinajstić information content (AvgIpc) is 3.10. The van der Waals surface area contributed by atoms with E-state index >= 15 is 0 Å². The van der Waals surface area contributed by atoms with Gasteiger partial charge in [0.2, 0.25) is 11.8 Å². The molecular formula is C22H22FN3O2. The first-order valence-electron chi connectivity index (χ1n) is 9.40. The number of halogens is 1. The van der Waals surface area contributed by atoms with Gasteiger partial charge in [0.1, 0.15) is 11.6 Å². The predicted octanol–water partition coefficient (Wildman–Crippen LogP) is 3.68. The zero-order chi connectivity index (χ0) is 19.5. The van der Waals surface area contributed by atoms with Crippen LogP contribution in [0.25, 0.3) is 11.5 Å². The van der Waals surface area contributed by atoms with Crippen molar-refractivity contribution in [2.75, 3.05) is 31.1 Å². The number of hydrogen-bond acceptors (Lipinski definition) is 4. The summed E-state index contributed by atoms with van der Waals surface area (Å²) < 4.78 is 18.8. The maximum Gasteiger partial charge on any atom is 0.228 e. The molecule has 1 amide bonds. The van der Waals surface area contributed by atoms with E-state index in [1.54, 1.807) is 12.1 Å². The van der Waals surface area contributed by atoms with Crippen LogP contribution in [0.3, 0.4) is 0 Å². The number of carbonyl (C=O) groups is 1. The summed E-state index contributed by atoms with van der Waals surface area (Å²) in [5, 5.41) is 0. The predicted molar refractivity (Wildman–Crippen MR) is 106 cm³/mol. The Kier molecular flexibility index (Phi) is 5.10. The molecule has 3 aromatic rings. The molecule has 144 valence electrons. The monoisotopic (exact) mass is 379 g/mol. The SMILES string of the molecule is Cc1oc(-c2ccccc2)nc1CC(=O)N1CCN(c2ccc(F)cc2)CC1. The van der Waals surface area contributed by atoms with E-state index in [1.165, 1.54) is 12.1 Å². The Balaban J connectivity index is 1.37. The van der Waals surface area contributed by atoms with Crippen molar-refractivity contribution in [1.82, 2.24) is 9.88 Å². The van der Waals surface area contributed by atoms with Gasteiger partial charge >= 0.3 is 0 Å². The van der Waals surface area contributed by atoms with Gasteiger partial charge in [0.15, 0.2) is 0 Å². The van der Waals surface area contributed by atoms with Gasteiger partial charge in [0, 0.05) is 37.4 Å². The van der Waals surface area contributed by atoms with E-state index in [-0.39, 0.29) is 18.1 Å². The minimum Gasteiger partial charge on any atom is -0.441 e. The number of nitrogens with zero attached hydrogens (tertiary/aromatic N) is 3. The Bertz CT molecular complexity index is 946. The number of benzene rings is 2. The van der Waals surface area contributed by atoms with Crippen molar-refractivity contribution in [3.05, 3.63) is 71.9 Å². The molecule has 5 nitrogen and oxygen atoms in total. The second-order valence-corrected chi connectivity index (χ2v) is 6.91. The van der Waals surface area contributed by atoms with Crippen molar-refractivity contribution in [2.24, 2.45) is 0 Å². The number of anilines is 1. The first kappa shape index (κ1) is 18.2. The van der Waals surface area contributed by atoms with Crippen LogP contribution >= 0.6 is 0 Å². The van der Waals surface area contributed by atoms with E-state index in [1.807, 2.05) is 42.2 Å². The Morgan fingerprint density at radius 3 is 2.39 bits per heavy atom. The van der Waals surface area contributed by atoms with Crippen molar-refractivity contribution < 1.29 is 13.6 Å². The van der Waals surface area contributed by atoms with Crippen LogP contribution in [0.5, 0.6) is 0 Å². The molecule has 1 aliphatic rings. The number of rotatable bonds is 4. The summed E-state index contributed by atoms with van der Waals surface area (Å²) >= 11 is 0. The molecule has 6 heteroatoms. The van der Waals surface area contributed by atoms with Crippen molar-refractivity contribution in [2.45, 2.75) is 13.3 Å². The van der Waals surface area contributed by atoms with Crippen LogP contribution in [0, 0.1) is 12.7 Å². The third-order valence-corrected chi connectivity index (χ3v) is 5.06. The number of aryl methyl sites for hydroxylation is 1. The molecule has 0 atom stereocenters. The normalized spacial score (nSPS) is 14.4. The third kappa shape index (κ3) is 3.91. The Morgan fingerprint density at radius 2 is 1.71 bits per heavy atom. The van der Waals surface area contributed by atoms with Gasteiger partial charge in [-0.05, 0) is 43.3 Å². The van der Waals surface area contributed by atoms with Crippen LogP contribution in [0.1, 0.15) is 11.5 Å². The zero-order valence-electron chi connectivity index (χ0n) is 15.8. The van der Waals surface area contributed by atoms with Gasteiger partial charge in [-0.2, -0.15) is 0 Å². The number of carbonyl (C=O) groups excluding carboxylic acids is 1. The molecule has 28 heavy (non-hydrogen) atoms. The lowest BCUT2D eigenvalue weighted by molar-refractivity contribution is -0.130. The highest BCUT2D eigenvalue weighted by Crippen LogP contribution is 2.22. The van der Waals surface area contributed by atoms with E-state index in [9.17, 15) is 9.18 Å². The number of amides is 1. The van der Waals surface area contributed by atoms with E-state index < -0.39 is 0 Å². The van der Waals surface area contributed by atoms with E-state index in [0.29, 0.717) is 30.4 Å². The summed E-state index contributed by atoms with van der Waals surface area (Å²) in [5.41, 5.74) is 2.57. The van der Waals surface area contributed by atoms with Gasteiger partial charge in [0.25, 0.3) is 0 Å². The minimum absolute atomic E-state index is 0.0507. The molecule has 1 aliphatic heterocycles. The van der Waals surface area contributed by atoms with Crippen molar-refractivity contribution in [3.63, 3.8) is 0 Å². The molecule has 0 saturated carbocycles. The van der Waals surface area contributed by atoms with Crippen molar-refractivity contribution >= 4 is 11.6 Å². The number of oxazole rings is 1. The summed E-state index contributed by atoms with van der Waals surface area (Å²) in [6.45, 7) is 4.57. The molecular weight excluding hydrogens is 357 g/mol. The van der Waals surface area contributed by atoms with Crippen LogP contribution < -0.4 is 4.90 Å². The van der Waals surface area contributed by atoms with Gasteiger partial charge in [-0.15, -0.1) is 0 Å². The molecule has 0 aliphatic carbocycles.